The summed E-state index contributed by atoms with van der Waals surface area (Å²) in [6.45, 7) is 4.58. The lowest BCUT2D eigenvalue weighted by atomic mass is 9.98. The molecule has 46 heavy (non-hydrogen) atoms. The standard InChI is InChI=1S/C38H36ClN5OS/c39-34-27-35(44-24-22-43(23-25-44)21-11-15-29-12-4-1-5-13-29)41-38(40-34)46-28-30-14-10-20-33(26-30)37(45)42-36(31-16-6-2-7-17-31)32-18-8-3-9-19-32/h1-20,26-27,36H,21-25,28H2,(H,42,45). The third-order valence-electron chi connectivity index (χ3n) is 7.93. The summed E-state index contributed by atoms with van der Waals surface area (Å²) in [5, 5.41) is 4.30. The van der Waals surface area contributed by atoms with Gasteiger partial charge in [-0.15, -0.1) is 0 Å². The fraction of sp³-hybridized carbons (Fsp3) is 0.184. The minimum Gasteiger partial charge on any atom is -0.354 e. The Morgan fingerprint density at radius 2 is 1.46 bits per heavy atom. The Morgan fingerprint density at radius 3 is 2.13 bits per heavy atom. The minimum absolute atomic E-state index is 0.124. The van der Waals surface area contributed by atoms with Crippen LogP contribution in [0.3, 0.4) is 0 Å². The van der Waals surface area contributed by atoms with E-state index >= 15 is 0 Å². The van der Waals surface area contributed by atoms with Gasteiger partial charge in [0.25, 0.3) is 5.91 Å². The van der Waals surface area contributed by atoms with Crippen LogP contribution in [-0.2, 0) is 5.75 Å². The van der Waals surface area contributed by atoms with Crippen molar-refractivity contribution in [3.63, 3.8) is 0 Å². The number of anilines is 1. The first-order valence-corrected chi connectivity index (χ1v) is 16.8. The number of nitrogens with zero attached hydrogens (tertiary/aromatic N) is 4. The van der Waals surface area contributed by atoms with Gasteiger partial charge in [-0.25, -0.2) is 9.97 Å². The maximum Gasteiger partial charge on any atom is 0.252 e. The van der Waals surface area contributed by atoms with Gasteiger partial charge >= 0.3 is 0 Å². The van der Waals surface area contributed by atoms with E-state index in [0.717, 1.165) is 55.2 Å². The molecule has 0 aliphatic carbocycles. The van der Waals surface area contributed by atoms with E-state index in [0.29, 0.717) is 21.6 Å². The molecule has 1 amide bonds. The second-order valence-corrected chi connectivity index (χ2v) is 12.5. The van der Waals surface area contributed by atoms with Crippen LogP contribution >= 0.6 is 23.4 Å². The van der Waals surface area contributed by atoms with Gasteiger partial charge in [-0.05, 0) is 34.4 Å². The van der Waals surface area contributed by atoms with Crippen molar-refractivity contribution in [3.05, 3.63) is 160 Å². The number of rotatable bonds is 11. The molecule has 2 heterocycles. The Kier molecular flexibility index (Phi) is 10.8. The minimum atomic E-state index is -0.251. The topological polar surface area (TPSA) is 61.4 Å². The number of carbonyl (C=O) groups is 1. The highest BCUT2D eigenvalue weighted by molar-refractivity contribution is 7.98. The van der Waals surface area contributed by atoms with Crippen molar-refractivity contribution in [2.24, 2.45) is 0 Å². The predicted molar refractivity (Wildman–Crippen MR) is 189 cm³/mol. The van der Waals surface area contributed by atoms with Gasteiger partial charge in [-0.1, -0.05) is 139 Å². The molecule has 6 rings (SSSR count). The number of piperazine rings is 1. The third-order valence-corrected chi connectivity index (χ3v) is 9.04. The van der Waals surface area contributed by atoms with E-state index in [-0.39, 0.29) is 11.9 Å². The summed E-state index contributed by atoms with van der Waals surface area (Å²) in [5.41, 5.74) is 4.90. The highest BCUT2D eigenvalue weighted by Gasteiger charge is 2.20. The molecule has 1 aromatic heterocycles. The largest absolute Gasteiger partial charge is 0.354 e. The molecule has 1 aliphatic rings. The zero-order chi connectivity index (χ0) is 31.6. The van der Waals surface area contributed by atoms with Crippen molar-refractivity contribution in [3.8, 4) is 0 Å². The second kappa shape index (κ2) is 15.7. The summed E-state index contributed by atoms with van der Waals surface area (Å²) in [4.78, 5) is 27.5. The van der Waals surface area contributed by atoms with Gasteiger partial charge in [0, 0.05) is 50.1 Å². The van der Waals surface area contributed by atoms with E-state index in [1.54, 1.807) is 0 Å². The van der Waals surface area contributed by atoms with E-state index < -0.39 is 0 Å². The summed E-state index contributed by atoms with van der Waals surface area (Å²) in [6, 6.07) is 39.8. The third kappa shape index (κ3) is 8.63. The van der Waals surface area contributed by atoms with E-state index in [4.69, 9.17) is 16.6 Å². The fourth-order valence-electron chi connectivity index (χ4n) is 5.49. The van der Waals surface area contributed by atoms with Crippen LogP contribution in [0.25, 0.3) is 6.08 Å². The molecular formula is C38H36ClN5OS. The highest BCUT2D eigenvalue weighted by Crippen LogP contribution is 2.27. The molecule has 0 radical (unpaired) electrons. The zero-order valence-electron chi connectivity index (χ0n) is 25.5. The predicted octanol–water partition coefficient (Wildman–Crippen LogP) is 7.78. The molecule has 1 N–H and O–H groups in total. The molecule has 4 aromatic carbocycles. The van der Waals surface area contributed by atoms with Gasteiger partial charge in [0.05, 0.1) is 6.04 Å². The van der Waals surface area contributed by atoms with Crippen LogP contribution in [-0.4, -0.2) is 53.5 Å². The van der Waals surface area contributed by atoms with Crippen molar-refractivity contribution in [2.75, 3.05) is 37.6 Å². The van der Waals surface area contributed by atoms with Crippen molar-refractivity contribution < 1.29 is 4.79 Å². The SMILES string of the molecule is O=C(NC(c1ccccc1)c1ccccc1)c1cccc(CSc2nc(Cl)cc(N3CCN(CC=Cc4ccccc4)CC3)n2)c1. The molecule has 0 unspecified atom stereocenters. The summed E-state index contributed by atoms with van der Waals surface area (Å²) in [7, 11) is 0. The van der Waals surface area contributed by atoms with E-state index in [1.165, 1.54) is 17.3 Å². The van der Waals surface area contributed by atoms with Crippen LogP contribution in [0.2, 0.25) is 5.15 Å². The first kappa shape index (κ1) is 31.5. The smallest absolute Gasteiger partial charge is 0.252 e. The van der Waals surface area contributed by atoms with Crippen molar-refractivity contribution in [2.45, 2.75) is 17.0 Å². The van der Waals surface area contributed by atoms with Gasteiger partial charge in [-0.2, -0.15) is 0 Å². The van der Waals surface area contributed by atoms with Crippen LogP contribution in [0, 0.1) is 0 Å². The molecule has 1 fully saturated rings. The fourth-order valence-corrected chi connectivity index (χ4v) is 6.51. The Bertz CT molecular complexity index is 1710. The van der Waals surface area contributed by atoms with Crippen molar-refractivity contribution >= 4 is 41.2 Å². The summed E-state index contributed by atoms with van der Waals surface area (Å²) >= 11 is 7.98. The molecule has 1 aliphatic heterocycles. The Balaban J connectivity index is 1.06. The number of thioether (sulfide) groups is 1. The van der Waals surface area contributed by atoms with Crippen molar-refractivity contribution in [1.29, 1.82) is 0 Å². The van der Waals surface area contributed by atoms with Crippen LogP contribution < -0.4 is 10.2 Å². The average Bonchev–Trinajstić information content (AvgIpc) is 3.11. The second-order valence-electron chi connectivity index (χ2n) is 11.1. The lowest BCUT2D eigenvalue weighted by Gasteiger charge is -2.35. The molecule has 5 aromatic rings. The number of aromatic nitrogens is 2. The molecular weight excluding hydrogens is 610 g/mol. The summed E-state index contributed by atoms with van der Waals surface area (Å²) in [5.74, 6) is 1.34. The number of halogens is 1. The molecule has 0 atom stereocenters. The van der Waals surface area contributed by atoms with Crippen LogP contribution in [0.1, 0.15) is 38.7 Å². The van der Waals surface area contributed by atoms with E-state index in [9.17, 15) is 4.79 Å². The number of benzene rings is 4. The summed E-state index contributed by atoms with van der Waals surface area (Å²) in [6.07, 6.45) is 4.40. The number of hydrogen-bond acceptors (Lipinski definition) is 6. The quantitative estimate of drug-likeness (QED) is 0.0900. The first-order valence-electron chi connectivity index (χ1n) is 15.5. The lowest BCUT2D eigenvalue weighted by Crippen LogP contribution is -2.46. The maximum atomic E-state index is 13.5. The molecule has 8 heteroatoms. The lowest BCUT2D eigenvalue weighted by molar-refractivity contribution is 0.0943. The van der Waals surface area contributed by atoms with Gasteiger partial charge < -0.3 is 10.2 Å². The first-order chi connectivity index (χ1) is 22.6. The molecule has 1 saturated heterocycles. The van der Waals surface area contributed by atoms with Crippen LogP contribution in [0.5, 0.6) is 0 Å². The van der Waals surface area contributed by atoms with Gasteiger partial charge in [-0.3, -0.25) is 9.69 Å². The maximum absolute atomic E-state index is 13.5. The highest BCUT2D eigenvalue weighted by atomic mass is 35.5. The number of hydrogen-bond donors (Lipinski definition) is 1. The average molecular weight is 646 g/mol. The Hall–Kier alpha value is -4.43. The van der Waals surface area contributed by atoms with Gasteiger partial charge in [0.1, 0.15) is 11.0 Å². The number of amides is 1. The normalized spacial score (nSPS) is 13.7. The van der Waals surface area contributed by atoms with Crippen molar-refractivity contribution in [1.82, 2.24) is 20.2 Å². The van der Waals surface area contributed by atoms with Crippen LogP contribution in [0.4, 0.5) is 5.82 Å². The monoisotopic (exact) mass is 645 g/mol. The van der Waals surface area contributed by atoms with Crippen LogP contribution in [0.15, 0.2) is 133 Å². The Labute approximate surface area is 280 Å². The van der Waals surface area contributed by atoms with Gasteiger partial charge in [0.2, 0.25) is 0 Å². The molecule has 232 valence electrons. The molecule has 0 bridgehead atoms. The van der Waals surface area contributed by atoms with E-state index in [1.807, 2.05) is 97.1 Å². The zero-order valence-corrected chi connectivity index (χ0v) is 27.1. The number of nitrogens with one attached hydrogen (secondary N) is 1. The Morgan fingerprint density at radius 1 is 0.804 bits per heavy atom. The number of carbonyl (C=O) groups excluding carboxylic acids is 1. The molecule has 0 spiro atoms. The van der Waals surface area contributed by atoms with Gasteiger partial charge in [0.15, 0.2) is 5.16 Å². The molecule has 0 saturated carbocycles. The summed E-state index contributed by atoms with van der Waals surface area (Å²) < 4.78 is 0. The molecule has 6 nitrogen and oxygen atoms in total. The van der Waals surface area contributed by atoms with E-state index in [2.05, 4.69) is 56.5 Å².